The Balaban J connectivity index is 2.26. The van der Waals surface area contributed by atoms with Gasteiger partial charge in [0.25, 0.3) is 5.91 Å². The Morgan fingerprint density at radius 1 is 1.07 bits per heavy atom. The fourth-order valence-corrected chi connectivity index (χ4v) is 6.08. The third-order valence-electron chi connectivity index (χ3n) is 8.26. The monoisotopic (exact) mass is 630 g/mol. The molecule has 0 radical (unpaired) electrons. The summed E-state index contributed by atoms with van der Waals surface area (Å²) in [4.78, 5) is 68.6. The molecule has 1 aliphatic heterocycles. The summed E-state index contributed by atoms with van der Waals surface area (Å²) in [6.45, 7) is 19.3. The zero-order valence-electron chi connectivity index (χ0n) is 28.9. The first-order valence-corrected chi connectivity index (χ1v) is 16.7. The molecule has 0 aromatic rings. The Labute approximate surface area is 270 Å². The molecule has 0 aromatic carbocycles. The van der Waals surface area contributed by atoms with Gasteiger partial charge in [0.2, 0.25) is 17.6 Å². The van der Waals surface area contributed by atoms with Crippen molar-refractivity contribution in [1.29, 1.82) is 0 Å². The Kier molecular flexibility index (Phi) is 14.3. The van der Waals surface area contributed by atoms with Gasteiger partial charge in [-0.05, 0) is 95.8 Å². The third kappa shape index (κ3) is 12.3. The van der Waals surface area contributed by atoms with Crippen LogP contribution in [0.15, 0.2) is 24.3 Å². The number of nitrogens with zero attached hydrogens (tertiary/aromatic N) is 1. The molecule has 2 aliphatic rings. The molecule has 2 rings (SSSR count). The number of nitrogens with one attached hydrogen (secondary N) is 3. The van der Waals surface area contributed by atoms with Crippen molar-refractivity contribution in [1.82, 2.24) is 20.9 Å². The van der Waals surface area contributed by atoms with Gasteiger partial charge >= 0.3 is 6.09 Å². The Morgan fingerprint density at radius 2 is 1.76 bits per heavy atom. The average molecular weight is 631 g/mol. The minimum atomic E-state index is -1.06. The smallest absolute Gasteiger partial charge is 0.408 e. The molecular formula is C35H58N4O6. The van der Waals surface area contributed by atoms with Crippen molar-refractivity contribution in [3.63, 3.8) is 0 Å². The summed E-state index contributed by atoms with van der Waals surface area (Å²) < 4.78 is 5.44. The van der Waals surface area contributed by atoms with E-state index in [4.69, 9.17) is 4.74 Å². The topological polar surface area (TPSA) is 134 Å². The molecule has 0 saturated carbocycles. The molecule has 0 aromatic heterocycles. The first-order chi connectivity index (χ1) is 20.9. The number of hydrogen-bond donors (Lipinski definition) is 3. The van der Waals surface area contributed by atoms with Gasteiger partial charge in [0.15, 0.2) is 0 Å². The molecule has 254 valence electrons. The van der Waals surface area contributed by atoms with Crippen LogP contribution in [0.3, 0.4) is 0 Å². The van der Waals surface area contributed by atoms with E-state index in [0.717, 1.165) is 19.3 Å². The number of ketones is 1. The number of allylic oxidation sites excluding steroid dienone is 2. The highest BCUT2D eigenvalue weighted by Crippen LogP contribution is 2.33. The molecule has 1 fully saturated rings. The van der Waals surface area contributed by atoms with Crippen LogP contribution in [0.4, 0.5) is 4.79 Å². The van der Waals surface area contributed by atoms with Crippen LogP contribution in [0.2, 0.25) is 0 Å². The van der Waals surface area contributed by atoms with Crippen molar-refractivity contribution in [2.45, 2.75) is 137 Å². The van der Waals surface area contributed by atoms with Gasteiger partial charge in [0.05, 0.1) is 6.04 Å². The Morgan fingerprint density at radius 3 is 2.31 bits per heavy atom. The standard InChI is InChI=1S/C35H58N4O6/c1-10-11-17-26(28(40)31(42)36-20-18-24-15-13-12-14-16-24)37-30(41)27-25(22-23(2)3)19-21-39(27)32(43)29(34(4,5)6)38-33(44)45-35(7,8)9/h10,15,23,25-27,29H,1,11-14,16-22H2,2-9H3,(H,36,42)(H,37,41)(H,38,44)/t25-,26?,27+,29-/m1/s1. The van der Waals surface area contributed by atoms with E-state index in [1.807, 2.05) is 20.8 Å². The first kappa shape index (κ1) is 38.0. The number of rotatable bonds is 14. The highest BCUT2D eigenvalue weighted by atomic mass is 16.6. The Bertz CT molecular complexity index is 1100. The van der Waals surface area contributed by atoms with Crippen LogP contribution in [0.1, 0.15) is 113 Å². The van der Waals surface area contributed by atoms with Crippen molar-refractivity contribution >= 4 is 29.6 Å². The number of hydrogen-bond acceptors (Lipinski definition) is 6. The lowest BCUT2D eigenvalue weighted by Crippen LogP contribution is -2.60. The molecule has 1 aliphatic carbocycles. The van der Waals surface area contributed by atoms with Crippen LogP contribution in [0.25, 0.3) is 0 Å². The molecule has 10 heteroatoms. The van der Waals surface area contributed by atoms with Crippen LogP contribution < -0.4 is 16.0 Å². The SMILES string of the molecule is C=CCCC(NC(=O)[C@@H]1[C@@H](CC(C)C)CCN1C(=O)[C@@H](NC(=O)OC(C)(C)C)C(C)(C)C)C(=O)C(=O)NCCC1=CCCCC1. The lowest BCUT2D eigenvalue weighted by molar-refractivity contribution is -0.144. The minimum Gasteiger partial charge on any atom is -0.444 e. The zero-order chi connectivity index (χ0) is 33.9. The number of alkyl carbamates (subject to hydrolysis) is 1. The second kappa shape index (κ2) is 16.9. The number of ether oxygens (including phenoxy) is 1. The summed E-state index contributed by atoms with van der Waals surface area (Å²) >= 11 is 0. The van der Waals surface area contributed by atoms with Gasteiger partial charge < -0.3 is 25.6 Å². The maximum atomic E-state index is 14.1. The summed E-state index contributed by atoms with van der Waals surface area (Å²) in [5, 5.41) is 8.32. The molecule has 1 heterocycles. The quantitative estimate of drug-likeness (QED) is 0.178. The molecule has 1 saturated heterocycles. The summed E-state index contributed by atoms with van der Waals surface area (Å²) in [7, 11) is 0. The van der Waals surface area contributed by atoms with E-state index in [0.29, 0.717) is 38.8 Å². The van der Waals surface area contributed by atoms with E-state index >= 15 is 0 Å². The lowest BCUT2D eigenvalue weighted by atomic mass is 9.85. The van der Waals surface area contributed by atoms with Gasteiger partial charge in [-0.1, -0.05) is 52.3 Å². The van der Waals surface area contributed by atoms with Crippen LogP contribution in [0.5, 0.6) is 0 Å². The van der Waals surface area contributed by atoms with Gasteiger partial charge in [-0.2, -0.15) is 0 Å². The van der Waals surface area contributed by atoms with E-state index < -0.39 is 52.8 Å². The largest absolute Gasteiger partial charge is 0.444 e. The molecular weight excluding hydrogens is 572 g/mol. The van der Waals surface area contributed by atoms with Crippen molar-refractivity contribution in [2.24, 2.45) is 17.3 Å². The molecule has 10 nitrogen and oxygen atoms in total. The number of carbonyl (C=O) groups excluding carboxylic acids is 5. The molecule has 0 spiro atoms. The number of amides is 4. The third-order valence-corrected chi connectivity index (χ3v) is 8.26. The molecule has 4 amide bonds. The second-order valence-electron chi connectivity index (χ2n) is 15.0. The second-order valence-corrected chi connectivity index (χ2v) is 15.0. The molecule has 45 heavy (non-hydrogen) atoms. The molecule has 1 unspecified atom stereocenters. The van der Waals surface area contributed by atoms with E-state index in [-0.39, 0.29) is 24.2 Å². The fourth-order valence-electron chi connectivity index (χ4n) is 6.08. The van der Waals surface area contributed by atoms with Gasteiger partial charge in [-0.15, -0.1) is 6.58 Å². The van der Waals surface area contributed by atoms with Gasteiger partial charge in [0.1, 0.15) is 17.7 Å². The predicted octanol–water partition coefficient (Wildman–Crippen LogP) is 5.22. The summed E-state index contributed by atoms with van der Waals surface area (Å²) in [6, 6.07) is -2.87. The minimum absolute atomic E-state index is 0.149. The average Bonchev–Trinajstić information content (AvgIpc) is 3.35. The normalized spacial score (nSPS) is 20.1. The van der Waals surface area contributed by atoms with Crippen molar-refractivity contribution < 1.29 is 28.7 Å². The highest BCUT2D eigenvalue weighted by molar-refractivity contribution is 6.38. The number of likely N-dealkylation sites (tertiary alicyclic amines) is 1. The fraction of sp³-hybridized carbons (Fsp3) is 0.743. The first-order valence-electron chi connectivity index (χ1n) is 16.7. The van der Waals surface area contributed by atoms with Crippen molar-refractivity contribution in [2.75, 3.05) is 13.1 Å². The molecule has 4 atom stereocenters. The van der Waals surface area contributed by atoms with Gasteiger partial charge in [-0.3, -0.25) is 19.2 Å². The van der Waals surface area contributed by atoms with Crippen LogP contribution in [-0.2, 0) is 23.9 Å². The van der Waals surface area contributed by atoms with Gasteiger partial charge in [0, 0.05) is 13.1 Å². The van der Waals surface area contributed by atoms with Crippen molar-refractivity contribution in [3.05, 3.63) is 24.3 Å². The zero-order valence-corrected chi connectivity index (χ0v) is 28.9. The number of Topliss-reactive ketones (excluding diaryl/α,β-unsaturated/α-hetero) is 1. The van der Waals surface area contributed by atoms with Crippen molar-refractivity contribution in [3.8, 4) is 0 Å². The van der Waals surface area contributed by atoms with Crippen LogP contribution in [0, 0.1) is 17.3 Å². The van der Waals surface area contributed by atoms with Crippen LogP contribution >= 0.6 is 0 Å². The summed E-state index contributed by atoms with van der Waals surface area (Å²) in [5.41, 5.74) is -0.137. The molecule has 0 bridgehead atoms. The van der Waals surface area contributed by atoms with E-state index in [1.165, 1.54) is 16.9 Å². The molecule has 3 N–H and O–H groups in total. The maximum absolute atomic E-state index is 14.1. The van der Waals surface area contributed by atoms with E-state index in [9.17, 15) is 24.0 Å². The summed E-state index contributed by atoms with van der Waals surface area (Å²) in [5.74, 6) is -2.18. The van der Waals surface area contributed by atoms with E-state index in [1.54, 1.807) is 26.8 Å². The highest BCUT2D eigenvalue weighted by Gasteiger charge is 2.47. The summed E-state index contributed by atoms with van der Waals surface area (Å²) in [6.07, 6.45) is 10.2. The maximum Gasteiger partial charge on any atom is 0.408 e. The number of carbonyl (C=O) groups is 5. The predicted molar refractivity (Wildman–Crippen MR) is 176 cm³/mol. The van der Waals surface area contributed by atoms with Gasteiger partial charge in [-0.25, -0.2) is 4.79 Å². The van der Waals surface area contributed by atoms with E-state index in [2.05, 4.69) is 42.5 Å². The van der Waals surface area contributed by atoms with Crippen LogP contribution in [-0.4, -0.2) is 71.3 Å². The lowest BCUT2D eigenvalue weighted by Gasteiger charge is -2.37. The Hall–Kier alpha value is -3.17.